The Morgan fingerprint density at radius 2 is 0.695 bits per heavy atom. The van der Waals surface area contributed by atoms with Crippen molar-refractivity contribution < 1.29 is 39.0 Å². The van der Waals surface area contributed by atoms with Crippen molar-refractivity contribution in [1.82, 2.24) is 0 Å². The standard InChI is InChI=1S/C16H25NOS.2C15H23NO2S.C15H21NO2S.C15H23NOS.CH4/c1-15(2,3)16(4)14(18)17-13(19-16)9-12-8-10-5-6-11(12)7-10;3*1-8(2)15(3)14(18)16-13(19-15)7-10-5-11-4-9(10)6-12(11)17;1-9(2)15(3)14(17)16-13(18-15)8-12-7-10-4-5-11(12)6-10;/h10-12H,5-9H2,1-4H3;2*8-12,17H,4-7H2,1-3H3;8-11H,4-7H2,1-3H3;9-12H,4-8H2,1-3H3;1H4/t10-,11+,12-,16-;9-,10-,11-,12+,15+;9-,10-,11-,12-,15+;9-,10-,11-,15+;10-,11+,12-,15+;/m11111./s1. The van der Waals surface area contributed by atoms with Crippen molar-refractivity contribution in [3.05, 3.63) is 0 Å². The maximum atomic E-state index is 12.3. The lowest BCUT2D eigenvalue weighted by Gasteiger charge is -2.35. The van der Waals surface area contributed by atoms with Crippen LogP contribution in [0.15, 0.2) is 25.0 Å². The summed E-state index contributed by atoms with van der Waals surface area (Å²) in [6.07, 6.45) is 25.6. The summed E-state index contributed by atoms with van der Waals surface area (Å²) in [7, 11) is 0. The van der Waals surface area contributed by atoms with Crippen molar-refractivity contribution in [3.8, 4) is 0 Å². The molecule has 95 heavy (non-hydrogen) atoms. The Morgan fingerprint density at radius 1 is 0.379 bits per heavy atom. The minimum Gasteiger partial charge on any atom is -0.393 e. The molecule has 0 radical (unpaired) electrons. The van der Waals surface area contributed by atoms with E-state index in [9.17, 15) is 39.0 Å². The van der Waals surface area contributed by atoms with Crippen molar-refractivity contribution >= 4 is 119 Å². The van der Waals surface area contributed by atoms with Crippen LogP contribution in [0.2, 0.25) is 0 Å². The number of carbonyl (C=O) groups excluding carboxylic acids is 6. The molecule has 0 saturated heterocycles. The SMILES string of the molecule is C.CC(C)(C)[C@]1(C)SC(C[C@H]2C[C@@H]3CC[C@H]2C3)=NC1=O.CC(C)[C@]1(C)SC(C[C@H]2C[C@@H]3CC[C@H]2C3)=NC1=O.CC(C)[C@]1(C)SC(C[C@H]2C[C@H]3C[C@@H]2CC3=O)=NC1=O.CC(C)[C@]1(C)SC(C[C@H]2C[C@H]3C[C@@H]2C[C@@H]3O)=NC1=O.CC(C)[C@]1(C)SC(C[C@H]2C[C@H]3C[C@@H]2C[C@H]3O)=NC1=O. The van der Waals surface area contributed by atoms with Crippen LogP contribution in [0, 0.1) is 118 Å². The number of aliphatic imine (C=N–C) groups is 5. The minimum atomic E-state index is -0.372. The van der Waals surface area contributed by atoms with E-state index in [1.165, 1.54) is 64.2 Å². The highest BCUT2D eigenvalue weighted by molar-refractivity contribution is 8.17. The van der Waals surface area contributed by atoms with E-state index in [1.54, 1.807) is 58.8 Å². The zero-order valence-corrected chi connectivity index (χ0v) is 63.9. The van der Waals surface area contributed by atoms with Gasteiger partial charge in [0.25, 0.3) is 29.5 Å². The van der Waals surface area contributed by atoms with Crippen LogP contribution in [0.4, 0.5) is 0 Å². The monoisotopic (exact) mass is 1400 g/mol. The zero-order chi connectivity index (χ0) is 68.1. The van der Waals surface area contributed by atoms with Crippen molar-refractivity contribution in [3.63, 3.8) is 0 Å². The van der Waals surface area contributed by atoms with Gasteiger partial charge >= 0.3 is 0 Å². The second-order valence-electron chi connectivity index (χ2n) is 35.3. The predicted molar refractivity (Wildman–Crippen MR) is 399 cm³/mol. The molecule has 10 saturated carbocycles. The van der Waals surface area contributed by atoms with Gasteiger partial charge in [0.1, 0.15) is 29.5 Å². The first-order valence-corrected chi connectivity index (χ1v) is 41.0. The Bertz CT molecular complexity index is 3030. The van der Waals surface area contributed by atoms with Crippen LogP contribution < -0.4 is 0 Å². The highest BCUT2D eigenvalue weighted by atomic mass is 32.2. The molecule has 5 heterocycles. The Hall–Kier alpha value is -1.96. The number of aliphatic hydroxyl groups is 2. The molecule has 5 aliphatic heterocycles. The Kier molecular flexibility index (Phi) is 23.2. The van der Waals surface area contributed by atoms with Gasteiger partial charge in [-0.2, -0.15) is 0 Å². The Labute approximate surface area is 592 Å². The van der Waals surface area contributed by atoms with Gasteiger partial charge in [0.2, 0.25) is 0 Å². The summed E-state index contributed by atoms with van der Waals surface area (Å²) in [5.41, 5.74) is -0.0331. The summed E-state index contributed by atoms with van der Waals surface area (Å²) < 4.78 is -1.74. The third-order valence-electron chi connectivity index (χ3n) is 27.4. The molecule has 0 aromatic rings. The molecular formula is C77H119N5O8S5. The molecule has 18 heteroatoms. The van der Waals surface area contributed by atoms with E-state index in [-0.39, 0.29) is 78.3 Å². The number of ketones is 1. The van der Waals surface area contributed by atoms with Crippen molar-refractivity contribution in [2.75, 3.05) is 0 Å². The molecule has 0 spiro atoms. The minimum absolute atomic E-state index is 0. The summed E-state index contributed by atoms with van der Waals surface area (Å²) in [4.78, 5) is 93.8. The van der Waals surface area contributed by atoms with Crippen LogP contribution in [0.1, 0.15) is 259 Å². The van der Waals surface area contributed by atoms with Crippen molar-refractivity contribution in [2.24, 2.45) is 143 Å². The van der Waals surface area contributed by atoms with E-state index >= 15 is 0 Å². The fourth-order valence-corrected chi connectivity index (χ4v) is 25.5. The van der Waals surface area contributed by atoms with Gasteiger partial charge in [-0.3, -0.25) is 28.8 Å². The molecule has 2 N–H and O–H groups in total. The van der Waals surface area contributed by atoms with Gasteiger partial charge in [0, 0.05) is 12.3 Å². The van der Waals surface area contributed by atoms with Gasteiger partial charge in [-0.1, -0.05) is 155 Å². The number of hydrogen-bond donors (Lipinski definition) is 2. The molecule has 22 atom stereocenters. The van der Waals surface area contributed by atoms with E-state index < -0.39 is 0 Å². The van der Waals surface area contributed by atoms with Crippen LogP contribution in [0.25, 0.3) is 0 Å². The lowest BCUT2D eigenvalue weighted by Crippen LogP contribution is -2.41. The Balaban J connectivity index is 0.000000129. The largest absolute Gasteiger partial charge is 0.393 e. The molecule has 15 aliphatic rings. The van der Waals surface area contributed by atoms with Crippen LogP contribution >= 0.6 is 58.8 Å². The molecule has 10 aliphatic carbocycles. The average molecular weight is 1400 g/mol. The molecule has 530 valence electrons. The summed E-state index contributed by atoms with van der Waals surface area (Å²) in [5, 5.41) is 24.9. The van der Waals surface area contributed by atoms with E-state index in [0.29, 0.717) is 82.7 Å². The van der Waals surface area contributed by atoms with Gasteiger partial charge < -0.3 is 10.2 Å². The second kappa shape index (κ2) is 29.1. The summed E-state index contributed by atoms with van der Waals surface area (Å²) in [6.45, 7) is 33.4. The number of carbonyl (C=O) groups is 6. The van der Waals surface area contributed by atoms with Crippen LogP contribution in [0.5, 0.6) is 0 Å². The second-order valence-corrected chi connectivity index (χ2v) is 42.8. The predicted octanol–water partition coefficient (Wildman–Crippen LogP) is 17.6. The van der Waals surface area contributed by atoms with E-state index in [1.807, 2.05) is 20.8 Å². The summed E-state index contributed by atoms with van der Waals surface area (Å²) in [6, 6.07) is 0. The van der Waals surface area contributed by atoms with Gasteiger partial charge in [-0.15, -0.1) is 0 Å². The quantitative estimate of drug-likeness (QED) is 0.166. The van der Waals surface area contributed by atoms with Gasteiger partial charge in [-0.25, -0.2) is 25.0 Å². The molecule has 10 bridgehead atoms. The maximum Gasteiger partial charge on any atom is 0.263 e. The first-order valence-electron chi connectivity index (χ1n) is 36.9. The smallest absolute Gasteiger partial charge is 0.263 e. The van der Waals surface area contributed by atoms with Gasteiger partial charge in [0.05, 0.1) is 37.4 Å². The fourth-order valence-electron chi connectivity index (χ4n) is 19.0. The molecule has 13 nitrogen and oxygen atoms in total. The first-order chi connectivity index (χ1) is 44.0. The molecule has 5 amide bonds. The number of nitrogens with zero attached hydrogens (tertiary/aromatic N) is 5. The molecular weight excluding hydrogens is 1280 g/mol. The maximum absolute atomic E-state index is 12.3. The van der Waals surface area contributed by atoms with E-state index in [0.717, 1.165) is 138 Å². The number of aliphatic hydroxyl groups excluding tert-OH is 2. The third-order valence-corrected chi connectivity index (χ3v) is 35.3. The van der Waals surface area contributed by atoms with E-state index in [4.69, 9.17) is 0 Å². The van der Waals surface area contributed by atoms with Crippen LogP contribution in [-0.2, 0) is 28.8 Å². The number of rotatable bonds is 14. The van der Waals surface area contributed by atoms with Gasteiger partial charge in [0.15, 0.2) is 0 Å². The summed E-state index contributed by atoms with van der Waals surface area (Å²) in [5.74, 6) is 12.6. The lowest BCUT2D eigenvalue weighted by atomic mass is 9.80. The van der Waals surface area contributed by atoms with Crippen molar-refractivity contribution in [1.29, 1.82) is 0 Å². The normalized spacial score (nSPS) is 43.0. The average Bonchev–Trinajstić information content (AvgIpc) is 1.65. The Morgan fingerprint density at radius 3 is 0.916 bits per heavy atom. The highest BCUT2D eigenvalue weighted by Crippen LogP contribution is 2.58. The summed E-state index contributed by atoms with van der Waals surface area (Å²) >= 11 is 8.51. The van der Waals surface area contributed by atoms with E-state index in [2.05, 4.69) is 115 Å². The number of hydrogen-bond acceptors (Lipinski definition) is 13. The van der Waals surface area contributed by atoms with Gasteiger partial charge in [-0.05, 0) is 269 Å². The molecule has 0 unspecified atom stereocenters. The van der Waals surface area contributed by atoms with Crippen LogP contribution in [0.3, 0.4) is 0 Å². The zero-order valence-electron chi connectivity index (χ0n) is 59.8. The lowest BCUT2D eigenvalue weighted by molar-refractivity contribution is -0.123. The third kappa shape index (κ3) is 15.4. The molecule has 0 aromatic heterocycles. The molecule has 15 rings (SSSR count). The molecule has 0 aromatic carbocycles. The van der Waals surface area contributed by atoms with Crippen molar-refractivity contribution in [2.45, 2.75) is 295 Å². The topological polar surface area (TPSA) is 205 Å². The number of amides is 5. The fraction of sp³-hybridized carbons (Fsp3) is 0.857. The number of fused-ring (bicyclic) bond motifs is 10. The molecule has 10 fully saturated rings. The van der Waals surface area contributed by atoms with Crippen LogP contribution in [-0.4, -0.2) is 107 Å². The number of Topliss-reactive ketones (excluding diaryl/α,β-unsaturated/α-hetero) is 1. The highest BCUT2D eigenvalue weighted by Gasteiger charge is 2.55. The number of thioether (sulfide) groups is 5. The first kappa shape index (κ1) is 75.7.